The van der Waals surface area contributed by atoms with E-state index in [1.165, 1.54) is 12.1 Å². The van der Waals surface area contributed by atoms with E-state index in [9.17, 15) is 9.18 Å². The third-order valence-electron chi connectivity index (χ3n) is 2.34. The number of aromatic carboxylic acids is 1. The van der Waals surface area contributed by atoms with E-state index >= 15 is 0 Å². The van der Waals surface area contributed by atoms with Gasteiger partial charge in [-0.25, -0.2) is 9.18 Å². The zero-order valence-corrected chi connectivity index (χ0v) is 11.5. The molecule has 94 valence electrons. The van der Waals surface area contributed by atoms with Crippen molar-refractivity contribution in [1.82, 2.24) is 0 Å². The number of nitrogens with one attached hydrogen (secondary N) is 1. The summed E-state index contributed by atoms with van der Waals surface area (Å²) in [5.74, 6) is -2.00. The molecule has 1 aromatic carbocycles. The molecule has 0 atom stereocenters. The molecule has 0 aliphatic carbocycles. The molecule has 3 nitrogen and oxygen atoms in total. The minimum absolute atomic E-state index is 0.321. The van der Waals surface area contributed by atoms with Gasteiger partial charge in [-0.3, -0.25) is 0 Å². The van der Waals surface area contributed by atoms with E-state index in [1.54, 1.807) is 17.4 Å². The van der Waals surface area contributed by atoms with Gasteiger partial charge in [-0.2, -0.15) is 0 Å². The second-order valence-corrected chi connectivity index (χ2v) is 5.40. The first-order chi connectivity index (χ1) is 8.58. The number of carboxylic acids is 1. The van der Waals surface area contributed by atoms with Gasteiger partial charge in [0.2, 0.25) is 0 Å². The molecule has 1 heterocycles. The molecule has 0 bridgehead atoms. The van der Waals surface area contributed by atoms with Crippen LogP contribution < -0.4 is 5.32 Å². The molecule has 0 fully saturated rings. The Morgan fingerprint density at radius 2 is 2.22 bits per heavy atom. The van der Waals surface area contributed by atoms with Crippen LogP contribution in [-0.4, -0.2) is 11.1 Å². The van der Waals surface area contributed by atoms with Crippen LogP contribution in [0.3, 0.4) is 0 Å². The number of thiophene rings is 1. The first kappa shape index (κ1) is 13.0. The maximum absolute atomic E-state index is 13.4. The fourth-order valence-corrected chi connectivity index (χ4v) is 2.86. The van der Waals surface area contributed by atoms with Crippen LogP contribution in [0.2, 0.25) is 0 Å². The van der Waals surface area contributed by atoms with E-state index in [4.69, 9.17) is 5.11 Å². The van der Waals surface area contributed by atoms with Crippen molar-refractivity contribution in [2.24, 2.45) is 0 Å². The highest BCUT2D eigenvalue weighted by Gasteiger charge is 2.10. The number of hydrogen-bond acceptors (Lipinski definition) is 3. The molecule has 0 aliphatic heterocycles. The van der Waals surface area contributed by atoms with Gasteiger partial charge in [-0.1, -0.05) is 0 Å². The highest BCUT2D eigenvalue weighted by Crippen LogP contribution is 2.24. The fraction of sp³-hybridized carbons (Fsp3) is 0.0833. The lowest BCUT2D eigenvalue weighted by molar-refractivity contribution is 0.0692. The Bertz CT molecular complexity index is 585. The van der Waals surface area contributed by atoms with Gasteiger partial charge in [0.25, 0.3) is 0 Å². The molecule has 0 unspecified atom stereocenters. The molecule has 6 heteroatoms. The van der Waals surface area contributed by atoms with Gasteiger partial charge in [-0.05, 0) is 45.6 Å². The monoisotopic (exact) mass is 329 g/mol. The van der Waals surface area contributed by atoms with Crippen LogP contribution in [0.25, 0.3) is 0 Å². The average molecular weight is 330 g/mol. The van der Waals surface area contributed by atoms with Gasteiger partial charge >= 0.3 is 5.97 Å². The van der Waals surface area contributed by atoms with Gasteiger partial charge in [0, 0.05) is 15.0 Å². The summed E-state index contributed by atoms with van der Waals surface area (Å²) < 4.78 is 14.4. The minimum atomic E-state index is -1.26. The summed E-state index contributed by atoms with van der Waals surface area (Å²) in [4.78, 5) is 11.8. The molecular formula is C12H9BrFNO2S. The van der Waals surface area contributed by atoms with Gasteiger partial charge in [-0.15, -0.1) is 11.3 Å². The molecule has 2 N–H and O–H groups in total. The first-order valence-corrected chi connectivity index (χ1v) is 6.74. The zero-order valence-electron chi connectivity index (χ0n) is 9.11. The Hall–Kier alpha value is -1.40. The van der Waals surface area contributed by atoms with Gasteiger partial charge in [0.15, 0.2) is 0 Å². The van der Waals surface area contributed by atoms with E-state index < -0.39 is 11.8 Å². The lowest BCUT2D eigenvalue weighted by Gasteiger charge is -2.06. The molecule has 0 spiro atoms. The van der Waals surface area contributed by atoms with Crippen molar-refractivity contribution in [3.8, 4) is 0 Å². The number of anilines is 1. The van der Waals surface area contributed by atoms with Crippen molar-refractivity contribution in [3.05, 3.63) is 50.4 Å². The third-order valence-corrected chi connectivity index (χ3v) is 4.27. The van der Waals surface area contributed by atoms with E-state index in [0.717, 1.165) is 9.35 Å². The standard InChI is InChI=1S/C12H9BrFNO2S/c13-9-3-4-18-11(9)6-15-7-1-2-8(12(16)17)10(14)5-7/h1-5,15H,6H2,(H,16,17). The molecule has 1 aromatic heterocycles. The van der Waals surface area contributed by atoms with E-state index in [-0.39, 0.29) is 5.56 Å². The maximum Gasteiger partial charge on any atom is 0.338 e. The molecule has 0 radical (unpaired) electrons. The van der Waals surface area contributed by atoms with Crippen molar-refractivity contribution in [2.45, 2.75) is 6.54 Å². The molecule has 0 aliphatic rings. The summed E-state index contributed by atoms with van der Waals surface area (Å²) in [5, 5.41) is 13.7. The molecule has 0 saturated heterocycles. The third kappa shape index (κ3) is 2.88. The maximum atomic E-state index is 13.4. The summed E-state index contributed by atoms with van der Waals surface area (Å²) in [6.07, 6.45) is 0. The van der Waals surface area contributed by atoms with Gasteiger partial charge < -0.3 is 10.4 Å². The number of carbonyl (C=O) groups is 1. The lowest BCUT2D eigenvalue weighted by atomic mass is 10.2. The Balaban J connectivity index is 2.09. The Morgan fingerprint density at radius 1 is 1.44 bits per heavy atom. The average Bonchev–Trinajstić information content (AvgIpc) is 2.72. The molecule has 18 heavy (non-hydrogen) atoms. The van der Waals surface area contributed by atoms with Crippen LogP contribution in [-0.2, 0) is 6.54 Å². The second kappa shape index (κ2) is 5.49. The number of hydrogen-bond donors (Lipinski definition) is 2. The zero-order chi connectivity index (χ0) is 13.1. The van der Waals surface area contributed by atoms with E-state index in [0.29, 0.717) is 12.2 Å². The summed E-state index contributed by atoms with van der Waals surface area (Å²) in [5.41, 5.74) is 0.232. The quantitative estimate of drug-likeness (QED) is 0.892. The number of halogens is 2. The van der Waals surface area contributed by atoms with Crippen molar-refractivity contribution >= 4 is 38.9 Å². The van der Waals surface area contributed by atoms with Crippen LogP contribution >= 0.6 is 27.3 Å². The van der Waals surface area contributed by atoms with Crippen molar-refractivity contribution < 1.29 is 14.3 Å². The fourth-order valence-electron chi connectivity index (χ4n) is 1.43. The Labute approximate surface area is 115 Å². The highest BCUT2D eigenvalue weighted by atomic mass is 79.9. The van der Waals surface area contributed by atoms with E-state index in [1.807, 2.05) is 11.4 Å². The normalized spacial score (nSPS) is 10.3. The Morgan fingerprint density at radius 3 is 2.78 bits per heavy atom. The van der Waals surface area contributed by atoms with Crippen molar-refractivity contribution in [3.63, 3.8) is 0 Å². The van der Waals surface area contributed by atoms with Crippen LogP contribution in [0.15, 0.2) is 34.1 Å². The molecule has 0 amide bonds. The molecule has 2 rings (SSSR count). The minimum Gasteiger partial charge on any atom is -0.478 e. The van der Waals surface area contributed by atoms with Gasteiger partial charge in [0.1, 0.15) is 5.82 Å². The number of carboxylic acid groups (broad SMARTS) is 1. The second-order valence-electron chi connectivity index (χ2n) is 3.55. The summed E-state index contributed by atoms with van der Waals surface area (Å²) in [6.45, 7) is 0.560. The lowest BCUT2D eigenvalue weighted by Crippen LogP contribution is -2.03. The predicted octanol–water partition coefficient (Wildman–Crippen LogP) is 3.96. The smallest absolute Gasteiger partial charge is 0.338 e. The number of benzene rings is 1. The predicted molar refractivity (Wildman–Crippen MR) is 72.7 cm³/mol. The summed E-state index contributed by atoms with van der Waals surface area (Å²) >= 11 is 4.99. The Kier molecular flexibility index (Phi) is 3.98. The van der Waals surface area contributed by atoms with Crippen LogP contribution in [0.5, 0.6) is 0 Å². The highest BCUT2D eigenvalue weighted by molar-refractivity contribution is 9.10. The summed E-state index contributed by atoms with van der Waals surface area (Å²) in [7, 11) is 0. The van der Waals surface area contributed by atoms with Crippen LogP contribution in [0.1, 0.15) is 15.2 Å². The molecule has 2 aromatic rings. The van der Waals surface area contributed by atoms with Crippen LogP contribution in [0, 0.1) is 5.82 Å². The molecular weight excluding hydrogens is 321 g/mol. The SMILES string of the molecule is O=C(O)c1ccc(NCc2sccc2Br)cc1F. The first-order valence-electron chi connectivity index (χ1n) is 5.06. The van der Waals surface area contributed by atoms with Gasteiger partial charge in [0.05, 0.1) is 12.1 Å². The van der Waals surface area contributed by atoms with Crippen molar-refractivity contribution in [1.29, 1.82) is 0 Å². The topological polar surface area (TPSA) is 49.3 Å². The van der Waals surface area contributed by atoms with E-state index in [2.05, 4.69) is 21.2 Å². The summed E-state index contributed by atoms with van der Waals surface area (Å²) in [6, 6.07) is 5.93. The molecule has 0 saturated carbocycles. The van der Waals surface area contributed by atoms with Crippen molar-refractivity contribution in [2.75, 3.05) is 5.32 Å². The van der Waals surface area contributed by atoms with Crippen LogP contribution in [0.4, 0.5) is 10.1 Å². The number of rotatable bonds is 4. The largest absolute Gasteiger partial charge is 0.478 e.